The minimum Gasteiger partial charge on any atom is -0.494 e. The number of aryl methyl sites for hydroxylation is 2. The summed E-state index contributed by atoms with van der Waals surface area (Å²) in [5.41, 5.74) is 3.16. The lowest BCUT2D eigenvalue weighted by molar-refractivity contribution is -0.113. The van der Waals surface area contributed by atoms with Gasteiger partial charge >= 0.3 is 0 Å². The highest BCUT2D eigenvalue weighted by Crippen LogP contribution is 2.32. The number of ether oxygens (including phenoxy) is 3. The van der Waals surface area contributed by atoms with Crippen molar-refractivity contribution in [3.05, 3.63) is 54.4 Å². The molecule has 0 saturated carbocycles. The highest BCUT2D eigenvalue weighted by Gasteiger charge is 2.20. The molecule has 0 aliphatic rings. The standard InChI is InChI=1S/C25H28N6O4S/c1-6-35-19-10-8-18(9-11-19)31-24(20-14-30(3)29-16(20)2)27-28-25(31)36-15-23(32)26-17-7-12-21(33-4)22(13-17)34-5/h7-14H,6,15H2,1-5H3,(H,26,32). The lowest BCUT2D eigenvalue weighted by Crippen LogP contribution is -2.14. The molecular weight excluding hydrogens is 480 g/mol. The Morgan fingerprint density at radius 1 is 1.06 bits per heavy atom. The van der Waals surface area contributed by atoms with E-state index in [9.17, 15) is 4.79 Å². The Kier molecular flexibility index (Phi) is 7.79. The molecule has 0 spiro atoms. The highest BCUT2D eigenvalue weighted by atomic mass is 32.2. The first-order valence-electron chi connectivity index (χ1n) is 11.3. The average Bonchev–Trinajstić information content (AvgIpc) is 3.45. The number of anilines is 1. The normalized spacial score (nSPS) is 10.8. The summed E-state index contributed by atoms with van der Waals surface area (Å²) < 4.78 is 19.8. The fourth-order valence-corrected chi connectivity index (χ4v) is 4.44. The van der Waals surface area contributed by atoms with E-state index in [1.807, 2.05) is 55.9 Å². The van der Waals surface area contributed by atoms with Crippen LogP contribution in [0.3, 0.4) is 0 Å². The highest BCUT2D eigenvalue weighted by molar-refractivity contribution is 7.99. The van der Waals surface area contributed by atoms with E-state index in [-0.39, 0.29) is 11.7 Å². The zero-order chi connectivity index (χ0) is 25.7. The first-order chi connectivity index (χ1) is 17.4. The van der Waals surface area contributed by atoms with Gasteiger partial charge in [-0.2, -0.15) is 5.10 Å². The molecule has 2 aromatic heterocycles. The van der Waals surface area contributed by atoms with Gasteiger partial charge in [-0.1, -0.05) is 11.8 Å². The molecule has 0 fully saturated rings. The van der Waals surface area contributed by atoms with E-state index >= 15 is 0 Å². The van der Waals surface area contributed by atoms with Crippen LogP contribution in [0.4, 0.5) is 5.69 Å². The van der Waals surface area contributed by atoms with Crippen LogP contribution in [0.1, 0.15) is 12.6 Å². The van der Waals surface area contributed by atoms with Crippen molar-refractivity contribution in [2.24, 2.45) is 7.05 Å². The van der Waals surface area contributed by atoms with Gasteiger partial charge < -0.3 is 19.5 Å². The van der Waals surface area contributed by atoms with Crippen LogP contribution in [-0.2, 0) is 11.8 Å². The third-order valence-corrected chi connectivity index (χ3v) is 6.22. The summed E-state index contributed by atoms with van der Waals surface area (Å²) in [5.74, 6) is 2.49. The lowest BCUT2D eigenvalue weighted by atomic mass is 10.2. The maximum atomic E-state index is 12.7. The van der Waals surface area contributed by atoms with Gasteiger partial charge in [-0.25, -0.2) is 0 Å². The monoisotopic (exact) mass is 508 g/mol. The van der Waals surface area contributed by atoms with Crippen LogP contribution >= 0.6 is 11.8 Å². The second-order valence-electron chi connectivity index (χ2n) is 7.78. The average molecular weight is 509 g/mol. The minimum atomic E-state index is -0.187. The van der Waals surface area contributed by atoms with E-state index in [0.717, 1.165) is 22.7 Å². The van der Waals surface area contributed by atoms with Crippen molar-refractivity contribution in [1.82, 2.24) is 24.5 Å². The van der Waals surface area contributed by atoms with Crippen molar-refractivity contribution in [2.45, 2.75) is 19.0 Å². The molecule has 4 rings (SSSR count). The second kappa shape index (κ2) is 11.2. The van der Waals surface area contributed by atoms with Gasteiger partial charge in [0, 0.05) is 25.0 Å². The number of hydrogen-bond donors (Lipinski definition) is 1. The van der Waals surface area contributed by atoms with Gasteiger partial charge in [-0.3, -0.25) is 14.0 Å². The topological polar surface area (TPSA) is 105 Å². The number of hydrogen-bond acceptors (Lipinski definition) is 8. The van der Waals surface area contributed by atoms with Crippen LogP contribution in [0.2, 0.25) is 0 Å². The van der Waals surface area contributed by atoms with Crippen LogP contribution in [0, 0.1) is 6.92 Å². The molecule has 10 nitrogen and oxygen atoms in total. The molecule has 0 unspecified atom stereocenters. The third-order valence-electron chi connectivity index (χ3n) is 5.29. The fraction of sp³-hybridized carbons (Fsp3) is 0.280. The summed E-state index contributed by atoms with van der Waals surface area (Å²) in [6.45, 7) is 4.46. The Balaban J connectivity index is 1.58. The molecule has 0 atom stereocenters. The SMILES string of the molecule is CCOc1ccc(-n2c(SCC(=O)Nc3ccc(OC)c(OC)c3)nnc2-c2cn(C)nc2C)cc1. The Morgan fingerprint density at radius 2 is 1.81 bits per heavy atom. The second-order valence-corrected chi connectivity index (χ2v) is 8.72. The van der Waals surface area contributed by atoms with Gasteiger partial charge in [-0.05, 0) is 50.2 Å². The Labute approximate surface area is 213 Å². The van der Waals surface area contributed by atoms with Crippen LogP contribution < -0.4 is 19.5 Å². The number of amides is 1. The minimum absolute atomic E-state index is 0.134. The molecule has 1 amide bonds. The molecule has 4 aromatic rings. The maximum Gasteiger partial charge on any atom is 0.234 e. The van der Waals surface area contributed by atoms with E-state index in [1.165, 1.54) is 11.8 Å². The molecule has 0 aliphatic heterocycles. The number of carbonyl (C=O) groups excluding carboxylic acids is 1. The molecule has 2 heterocycles. The van der Waals surface area contributed by atoms with E-state index in [1.54, 1.807) is 37.1 Å². The van der Waals surface area contributed by atoms with Crippen LogP contribution in [-0.4, -0.2) is 57.0 Å². The Morgan fingerprint density at radius 3 is 2.44 bits per heavy atom. The summed E-state index contributed by atoms with van der Waals surface area (Å²) in [7, 11) is 4.98. The number of carbonyl (C=O) groups is 1. The molecule has 0 radical (unpaired) electrons. The van der Waals surface area contributed by atoms with Gasteiger partial charge in [-0.15, -0.1) is 10.2 Å². The summed E-state index contributed by atoms with van der Waals surface area (Å²) >= 11 is 1.29. The number of aromatic nitrogens is 5. The quantitative estimate of drug-likeness (QED) is 0.319. The molecular formula is C25H28N6O4S. The molecule has 0 saturated heterocycles. The van der Waals surface area contributed by atoms with Gasteiger partial charge in [0.25, 0.3) is 0 Å². The van der Waals surface area contributed by atoms with Crippen molar-refractivity contribution in [3.63, 3.8) is 0 Å². The van der Waals surface area contributed by atoms with E-state index in [2.05, 4.69) is 20.6 Å². The first-order valence-corrected chi connectivity index (χ1v) is 12.3. The zero-order valence-corrected chi connectivity index (χ0v) is 21.6. The zero-order valence-electron chi connectivity index (χ0n) is 20.8. The first kappa shape index (κ1) is 25.1. The smallest absolute Gasteiger partial charge is 0.234 e. The molecule has 11 heteroatoms. The van der Waals surface area contributed by atoms with Gasteiger partial charge in [0.1, 0.15) is 5.75 Å². The fourth-order valence-electron chi connectivity index (χ4n) is 3.69. The molecule has 0 bridgehead atoms. The van der Waals surface area contributed by atoms with E-state index in [4.69, 9.17) is 14.2 Å². The molecule has 1 N–H and O–H groups in total. The summed E-state index contributed by atoms with van der Waals surface area (Å²) in [5, 5.41) is 16.8. The van der Waals surface area contributed by atoms with Crippen molar-refractivity contribution >= 4 is 23.4 Å². The van der Waals surface area contributed by atoms with Crippen LogP contribution in [0.25, 0.3) is 17.1 Å². The number of thioether (sulfide) groups is 1. The maximum absolute atomic E-state index is 12.7. The van der Waals surface area contributed by atoms with Crippen molar-refractivity contribution in [2.75, 3.05) is 31.9 Å². The van der Waals surface area contributed by atoms with E-state index < -0.39 is 0 Å². The van der Waals surface area contributed by atoms with Crippen LogP contribution in [0.15, 0.2) is 53.8 Å². The van der Waals surface area contributed by atoms with E-state index in [0.29, 0.717) is 34.8 Å². The molecule has 36 heavy (non-hydrogen) atoms. The molecule has 188 valence electrons. The summed E-state index contributed by atoms with van der Waals surface area (Å²) in [4.78, 5) is 12.7. The number of benzene rings is 2. The predicted octanol–water partition coefficient (Wildman–Crippen LogP) is 4.12. The number of nitrogens with zero attached hydrogens (tertiary/aromatic N) is 5. The van der Waals surface area contributed by atoms with Gasteiger partial charge in [0.2, 0.25) is 5.91 Å². The number of rotatable bonds is 10. The molecule has 2 aromatic carbocycles. The predicted molar refractivity (Wildman–Crippen MR) is 138 cm³/mol. The number of nitrogens with one attached hydrogen (secondary N) is 1. The lowest BCUT2D eigenvalue weighted by Gasteiger charge is -2.12. The summed E-state index contributed by atoms with van der Waals surface area (Å²) in [6, 6.07) is 12.9. The third kappa shape index (κ3) is 5.46. The van der Waals surface area contributed by atoms with Crippen LogP contribution in [0.5, 0.6) is 17.2 Å². The molecule has 0 aliphatic carbocycles. The Bertz CT molecular complexity index is 1350. The van der Waals surface area contributed by atoms with Crippen molar-refractivity contribution in [1.29, 1.82) is 0 Å². The van der Waals surface area contributed by atoms with Gasteiger partial charge in [0.05, 0.1) is 43.5 Å². The largest absolute Gasteiger partial charge is 0.494 e. The van der Waals surface area contributed by atoms with Crippen molar-refractivity contribution in [3.8, 4) is 34.3 Å². The van der Waals surface area contributed by atoms with Gasteiger partial charge in [0.15, 0.2) is 22.5 Å². The number of methoxy groups -OCH3 is 2. The Hall–Kier alpha value is -3.99. The summed E-state index contributed by atoms with van der Waals surface area (Å²) in [6.07, 6.45) is 1.91. The van der Waals surface area contributed by atoms with Crippen molar-refractivity contribution < 1.29 is 19.0 Å².